The minimum absolute atomic E-state index is 0.0741. The molecule has 26 heavy (non-hydrogen) atoms. The van der Waals surface area contributed by atoms with Gasteiger partial charge in [0.05, 0.1) is 10.2 Å². The Hall–Kier alpha value is -2.48. The Bertz CT molecular complexity index is 862. The number of anilines is 1. The number of imide groups is 1. The zero-order valence-electron chi connectivity index (χ0n) is 14.4. The molecular formula is C18H20N4O3S. The molecule has 1 aromatic carbocycles. The van der Waals surface area contributed by atoms with E-state index in [9.17, 15) is 14.4 Å². The molecule has 2 heterocycles. The van der Waals surface area contributed by atoms with Gasteiger partial charge in [-0.1, -0.05) is 43.2 Å². The van der Waals surface area contributed by atoms with Crippen molar-refractivity contribution in [3.63, 3.8) is 0 Å². The Morgan fingerprint density at radius 1 is 1.38 bits per heavy atom. The quantitative estimate of drug-likeness (QED) is 0.811. The fourth-order valence-electron chi connectivity index (χ4n) is 3.87. The van der Waals surface area contributed by atoms with E-state index in [2.05, 4.69) is 15.6 Å². The van der Waals surface area contributed by atoms with Crippen LogP contribution in [0.15, 0.2) is 24.3 Å². The molecule has 0 radical (unpaired) electrons. The van der Waals surface area contributed by atoms with Crippen molar-refractivity contribution in [2.24, 2.45) is 5.92 Å². The third kappa shape index (κ3) is 2.74. The molecule has 7 nitrogen and oxygen atoms in total. The number of urea groups is 1. The number of thiazole rings is 1. The fraction of sp³-hybridized carbons (Fsp3) is 0.444. The number of amides is 4. The summed E-state index contributed by atoms with van der Waals surface area (Å²) in [7, 11) is 0. The van der Waals surface area contributed by atoms with Crippen LogP contribution in [0.5, 0.6) is 0 Å². The second-order valence-electron chi connectivity index (χ2n) is 6.97. The summed E-state index contributed by atoms with van der Waals surface area (Å²) in [6.07, 6.45) is 3.50. The molecule has 136 valence electrons. The van der Waals surface area contributed by atoms with E-state index in [0.717, 1.165) is 34.4 Å². The normalized spacial score (nSPS) is 25.7. The summed E-state index contributed by atoms with van der Waals surface area (Å²) in [4.78, 5) is 43.0. The van der Waals surface area contributed by atoms with Crippen LogP contribution in [0.1, 0.15) is 32.6 Å². The molecule has 2 aliphatic rings. The van der Waals surface area contributed by atoms with Crippen molar-refractivity contribution in [3.05, 3.63) is 24.3 Å². The fourth-order valence-corrected chi connectivity index (χ4v) is 4.75. The van der Waals surface area contributed by atoms with Crippen molar-refractivity contribution >= 4 is 44.5 Å². The summed E-state index contributed by atoms with van der Waals surface area (Å²) < 4.78 is 0.966. The predicted octanol–water partition coefficient (Wildman–Crippen LogP) is 2.74. The van der Waals surface area contributed by atoms with Crippen LogP contribution in [-0.2, 0) is 9.59 Å². The van der Waals surface area contributed by atoms with Gasteiger partial charge in [-0.2, -0.15) is 0 Å². The van der Waals surface area contributed by atoms with Gasteiger partial charge < -0.3 is 10.6 Å². The highest BCUT2D eigenvalue weighted by Gasteiger charge is 2.55. The number of nitrogens with one attached hydrogen (secondary N) is 2. The van der Waals surface area contributed by atoms with E-state index in [1.54, 1.807) is 0 Å². The average Bonchev–Trinajstić information content (AvgIpc) is 3.12. The molecule has 1 saturated carbocycles. The van der Waals surface area contributed by atoms with Gasteiger partial charge in [0.1, 0.15) is 12.1 Å². The predicted molar refractivity (Wildman–Crippen MR) is 98.9 cm³/mol. The van der Waals surface area contributed by atoms with Crippen molar-refractivity contribution in [1.82, 2.24) is 15.2 Å². The number of hydrogen-bond acceptors (Lipinski definition) is 5. The highest BCUT2D eigenvalue weighted by atomic mass is 32.1. The first-order chi connectivity index (χ1) is 12.5. The van der Waals surface area contributed by atoms with Gasteiger partial charge in [0.25, 0.3) is 5.91 Å². The standard InChI is InChI=1S/C18H20N4O3S/c1-11-6-4-5-9-18(11)15(24)22(17(25)21-18)10-14(23)20-16-19-12-7-2-3-8-13(12)26-16/h2-3,7-8,11H,4-6,9-10H2,1H3,(H,21,25)(H,19,20,23)/t11-,18+/m1/s1. The van der Waals surface area contributed by atoms with Crippen LogP contribution in [0.25, 0.3) is 10.2 Å². The van der Waals surface area contributed by atoms with E-state index in [0.29, 0.717) is 11.6 Å². The van der Waals surface area contributed by atoms with Crippen molar-refractivity contribution < 1.29 is 14.4 Å². The molecule has 1 saturated heterocycles. The van der Waals surface area contributed by atoms with Gasteiger partial charge in [-0.3, -0.25) is 14.5 Å². The minimum atomic E-state index is -0.842. The number of fused-ring (bicyclic) bond motifs is 1. The minimum Gasteiger partial charge on any atom is -0.323 e. The first-order valence-corrected chi connectivity index (χ1v) is 9.61. The number of nitrogens with zero attached hydrogens (tertiary/aromatic N) is 2. The van der Waals surface area contributed by atoms with Crippen LogP contribution >= 0.6 is 11.3 Å². The van der Waals surface area contributed by atoms with E-state index < -0.39 is 17.5 Å². The first kappa shape index (κ1) is 17.0. The third-order valence-corrected chi connectivity index (χ3v) is 6.30. The summed E-state index contributed by atoms with van der Waals surface area (Å²) in [5.74, 6) is -0.632. The maximum Gasteiger partial charge on any atom is 0.325 e. The number of carbonyl (C=O) groups excluding carboxylic acids is 3. The highest BCUT2D eigenvalue weighted by Crippen LogP contribution is 2.38. The van der Waals surface area contributed by atoms with Crippen molar-refractivity contribution in [3.8, 4) is 0 Å². The van der Waals surface area contributed by atoms with Crippen LogP contribution < -0.4 is 10.6 Å². The van der Waals surface area contributed by atoms with Gasteiger partial charge in [0, 0.05) is 0 Å². The van der Waals surface area contributed by atoms with Gasteiger partial charge in [-0.15, -0.1) is 0 Å². The molecule has 1 aliphatic heterocycles. The van der Waals surface area contributed by atoms with E-state index >= 15 is 0 Å². The molecule has 2 aromatic rings. The van der Waals surface area contributed by atoms with Crippen LogP contribution in [0.4, 0.5) is 9.93 Å². The zero-order chi connectivity index (χ0) is 18.3. The first-order valence-electron chi connectivity index (χ1n) is 8.79. The van der Waals surface area contributed by atoms with Crippen molar-refractivity contribution in [2.45, 2.75) is 38.1 Å². The average molecular weight is 372 g/mol. The largest absolute Gasteiger partial charge is 0.325 e. The second-order valence-corrected chi connectivity index (χ2v) is 8.01. The number of hydrogen-bond donors (Lipinski definition) is 2. The molecule has 2 atom stereocenters. The Kier molecular flexibility index (Phi) is 4.14. The topological polar surface area (TPSA) is 91.4 Å². The van der Waals surface area contributed by atoms with Crippen molar-refractivity contribution in [2.75, 3.05) is 11.9 Å². The number of carbonyl (C=O) groups is 3. The Morgan fingerprint density at radius 2 is 2.19 bits per heavy atom. The zero-order valence-corrected chi connectivity index (χ0v) is 15.3. The molecule has 2 fully saturated rings. The molecule has 0 bridgehead atoms. The summed E-state index contributed by atoms with van der Waals surface area (Å²) in [5.41, 5.74) is -0.0383. The van der Waals surface area contributed by atoms with Crippen LogP contribution in [0, 0.1) is 5.92 Å². The van der Waals surface area contributed by atoms with Gasteiger partial charge >= 0.3 is 6.03 Å². The van der Waals surface area contributed by atoms with E-state index in [1.165, 1.54) is 11.3 Å². The molecule has 1 aliphatic carbocycles. The number of benzene rings is 1. The molecule has 4 amide bonds. The second kappa shape index (κ2) is 6.35. The maximum atomic E-state index is 12.9. The van der Waals surface area contributed by atoms with Crippen LogP contribution in [0.3, 0.4) is 0 Å². The summed E-state index contributed by atoms with van der Waals surface area (Å²) >= 11 is 1.36. The third-order valence-electron chi connectivity index (χ3n) is 5.34. The van der Waals surface area contributed by atoms with Gasteiger partial charge in [-0.25, -0.2) is 9.78 Å². The summed E-state index contributed by atoms with van der Waals surface area (Å²) in [6, 6.07) is 7.10. The van der Waals surface area contributed by atoms with Gasteiger partial charge in [-0.05, 0) is 30.9 Å². The smallest absolute Gasteiger partial charge is 0.323 e. The van der Waals surface area contributed by atoms with E-state index in [4.69, 9.17) is 0 Å². The lowest BCUT2D eigenvalue weighted by Gasteiger charge is -2.36. The molecule has 0 unspecified atom stereocenters. The number of para-hydroxylation sites is 1. The molecule has 2 N–H and O–H groups in total. The highest BCUT2D eigenvalue weighted by molar-refractivity contribution is 7.22. The lowest BCUT2D eigenvalue weighted by atomic mass is 9.73. The molecule has 1 spiro atoms. The molecular weight excluding hydrogens is 352 g/mol. The maximum absolute atomic E-state index is 12.9. The molecule has 8 heteroatoms. The van der Waals surface area contributed by atoms with E-state index in [1.807, 2.05) is 31.2 Å². The summed E-state index contributed by atoms with van der Waals surface area (Å²) in [5, 5.41) is 6.01. The Balaban J connectivity index is 1.47. The number of rotatable bonds is 3. The van der Waals surface area contributed by atoms with Gasteiger partial charge in [0.15, 0.2) is 5.13 Å². The van der Waals surface area contributed by atoms with Crippen LogP contribution in [0.2, 0.25) is 0 Å². The lowest BCUT2D eigenvalue weighted by molar-refractivity contribution is -0.136. The molecule has 4 rings (SSSR count). The lowest BCUT2D eigenvalue weighted by Crippen LogP contribution is -2.54. The Morgan fingerprint density at radius 3 is 2.96 bits per heavy atom. The number of aromatic nitrogens is 1. The van der Waals surface area contributed by atoms with Crippen LogP contribution in [-0.4, -0.2) is 39.8 Å². The van der Waals surface area contributed by atoms with E-state index in [-0.39, 0.29) is 18.4 Å². The molecule has 1 aromatic heterocycles. The van der Waals surface area contributed by atoms with Gasteiger partial charge in [0.2, 0.25) is 5.91 Å². The Labute approximate surface area is 154 Å². The SMILES string of the molecule is C[C@@H]1CCCC[C@]12NC(=O)N(CC(=O)Nc1nc3ccccc3s1)C2=O. The summed E-state index contributed by atoms with van der Waals surface area (Å²) in [6.45, 7) is 1.69. The monoisotopic (exact) mass is 372 g/mol. The van der Waals surface area contributed by atoms with Crippen molar-refractivity contribution in [1.29, 1.82) is 0 Å².